The van der Waals surface area contributed by atoms with Gasteiger partial charge in [-0.15, -0.1) is 0 Å². The van der Waals surface area contributed by atoms with Crippen LogP contribution in [0.4, 0.5) is 0 Å². The molecule has 1 fully saturated rings. The van der Waals surface area contributed by atoms with E-state index in [2.05, 4.69) is 71.7 Å². The Morgan fingerprint density at radius 2 is 0.844 bits per heavy atom. The Labute approximate surface area is 381 Å². The van der Waals surface area contributed by atoms with Gasteiger partial charge in [0.2, 0.25) is 0 Å². The summed E-state index contributed by atoms with van der Waals surface area (Å²) in [5.74, 6) is 0.893. The third-order valence-electron chi connectivity index (χ3n) is 11.5. The number of benzene rings is 2. The van der Waals surface area contributed by atoms with E-state index in [1.54, 1.807) is 12.4 Å². The van der Waals surface area contributed by atoms with Crippen molar-refractivity contribution in [1.82, 2.24) is 9.97 Å². The predicted molar refractivity (Wildman–Crippen MR) is 253 cm³/mol. The molecule has 0 radical (unpaired) electrons. The molecule has 4 aromatic rings. The molecule has 64 heavy (non-hydrogen) atoms. The van der Waals surface area contributed by atoms with Crippen molar-refractivity contribution in [3.05, 3.63) is 122 Å². The average Bonchev–Trinajstić information content (AvgIpc) is 3.34. The first-order chi connectivity index (χ1) is 31.5. The van der Waals surface area contributed by atoms with Crippen LogP contribution in [0.3, 0.4) is 0 Å². The highest BCUT2D eigenvalue weighted by Gasteiger charge is 2.26. The second kappa shape index (κ2) is 29.9. The van der Waals surface area contributed by atoms with Crippen LogP contribution in [0.1, 0.15) is 127 Å². The number of aromatic nitrogens is 2. The third-order valence-corrected chi connectivity index (χ3v) is 11.5. The second-order valence-electron chi connectivity index (χ2n) is 16.5. The van der Waals surface area contributed by atoms with E-state index in [0.29, 0.717) is 39.6 Å². The number of carbonyl (C=O) groups excluding carboxylic acids is 2. The van der Waals surface area contributed by atoms with Crippen LogP contribution in [0.2, 0.25) is 0 Å². The van der Waals surface area contributed by atoms with Gasteiger partial charge in [-0.25, -0.2) is 9.59 Å². The smallest absolute Gasteiger partial charge is 0.330 e. The molecule has 5 rings (SSSR count). The molecule has 344 valence electrons. The van der Waals surface area contributed by atoms with Crippen LogP contribution in [0.15, 0.2) is 111 Å². The maximum atomic E-state index is 11.1. The number of carbonyl (C=O) groups is 2. The van der Waals surface area contributed by atoms with Crippen LogP contribution in [-0.2, 0) is 41.8 Å². The summed E-state index contributed by atoms with van der Waals surface area (Å²) in [6.07, 6.45) is 25.7. The lowest BCUT2D eigenvalue weighted by Gasteiger charge is -2.31. The number of hydrogen-bond donors (Lipinski definition) is 0. The van der Waals surface area contributed by atoms with Gasteiger partial charge in [0, 0.05) is 23.3 Å². The van der Waals surface area contributed by atoms with E-state index in [0.717, 1.165) is 135 Å². The van der Waals surface area contributed by atoms with Gasteiger partial charge in [0.25, 0.3) is 0 Å². The monoisotopic (exact) mass is 875 g/mol. The fraction of sp³-hybridized carbons (Fsp3) is 0.481. The zero-order chi connectivity index (χ0) is 44.9. The molecule has 0 unspecified atom stereocenters. The van der Waals surface area contributed by atoms with Gasteiger partial charge in [-0.1, -0.05) is 139 Å². The minimum Gasteiger partial charge on any atom is -0.492 e. The number of esters is 2. The van der Waals surface area contributed by atoms with Crippen molar-refractivity contribution in [2.24, 2.45) is 0 Å². The Balaban J connectivity index is 0.928. The van der Waals surface area contributed by atoms with Crippen molar-refractivity contribution in [1.29, 1.82) is 0 Å². The first-order valence-corrected chi connectivity index (χ1v) is 23.7. The summed E-state index contributed by atoms with van der Waals surface area (Å²) in [6, 6.07) is 24.9. The van der Waals surface area contributed by atoms with Crippen LogP contribution in [-0.4, -0.2) is 60.5 Å². The number of ether oxygens (including phenoxy) is 6. The molecule has 1 aliphatic rings. The van der Waals surface area contributed by atoms with Gasteiger partial charge in [-0.3, -0.25) is 9.97 Å². The van der Waals surface area contributed by atoms with Gasteiger partial charge < -0.3 is 28.4 Å². The van der Waals surface area contributed by atoms with Crippen molar-refractivity contribution in [2.75, 3.05) is 26.4 Å². The Hall–Kier alpha value is -5.32. The molecule has 2 atom stereocenters. The van der Waals surface area contributed by atoms with Crippen LogP contribution in [0.5, 0.6) is 11.5 Å². The fourth-order valence-electron chi connectivity index (χ4n) is 7.69. The van der Waals surface area contributed by atoms with Gasteiger partial charge in [-0.05, 0) is 73.9 Å². The molecule has 2 aromatic carbocycles. The molecule has 0 N–H and O–H groups in total. The lowest BCUT2D eigenvalue weighted by Crippen LogP contribution is -2.34. The molecule has 1 aliphatic carbocycles. The zero-order valence-corrected chi connectivity index (χ0v) is 37.9. The fourth-order valence-corrected chi connectivity index (χ4v) is 7.69. The molecule has 2 heterocycles. The van der Waals surface area contributed by atoms with Gasteiger partial charge in [-0.2, -0.15) is 0 Å². The lowest BCUT2D eigenvalue weighted by atomic mass is 9.94. The number of nitrogens with zero attached hydrogens (tertiary/aromatic N) is 2. The molecule has 0 amide bonds. The van der Waals surface area contributed by atoms with E-state index >= 15 is 0 Å². The molecular formula is C54H70N2O8. The molecule has 10 nitrogen and oxygen atoms in total. The number of unbranched alkanes of at least 4 members (excludes halogenated alkanes) is 12. The molecule has 2 aromatic heterocycles. The maximum absolute atomic E-state index is 11.1. The van der Waals surface area contributed by atoms with Crippen LogP contribution < -0.4 is 9.47 Å². The molecule has 0 saturated heterocycles. The highest BCUT2D eigenvalue weighted by molar-refractivity contribution is 5.81. The minimum absolute atomic E-state index is 0.0668. The van der Waals surface area contributed by atoms with Crippen molar-refractivity contribution in [2.45, 2.75) is 141 Å². The Morgan fingerprint density at radius 1 is 0.484 bits per heavy atom. The average molecular weight is 875 g/mol. The van der Waals surface area contributed by atoms with Crippen molar-refractivity contribution >= 4 is 11.9 Å². The second-order valence-corrected chi connectivity index (χ2v) is 16.5. The molecule has 0 bridgehead atoms. The van der Waals surface area contributed by atoms with Crippen LogP contribution >= 0.6 is 0 Å². The first kappa shape index (κ1) is 49.7. The molecule has 10 heteroatoms. The summed E-state index contributed by atoms with van der Waals surface area (Å²) in [4.78, 5) is 31.4. The van der Waals surface area contributed by atoms with Crippen molar-refractivity contribution < 1.29 is 38.0 Å². The van der Waals surface area contributed by atoms with E-state index in [1.807, 2.05) is 24.3 Å². The summed E-state index contributed by atoms with van der Waals surface area (Å²) < 4.78 is 34.9. The van der Waals surface area contributed by atoms with Gasteiger partial charge in [0.05, 0.1) is 75.6 Å². The number of hydrogen-bond acceptors (Lipinski definition) is 10. The highest BCUT2D eigenvalue weighted by Crippen LogP contribution is 2.28. The quantitative estimate of drug-likeness (QED) is 0.0267. The summed E-state index contributed by atoms with van der Waals surface area (Å²) in [6.45, 7) is 10.2. The van der Waals surface area contributed by atoms with Crippen molar-refractivity contribution in [3.63, 3.8) is 0 Å². The minimum atomic E-state index is -0.345. The summed E-state index contributed by atoms with van der Waals surface area (Å²) in [5, 5.41) is 0. The van der Waals surface area contributed by atoms with E-state index < -0.39 is 0 Å². The maximum Gasteiger partial charge on any atom is 0.330 e. The first-order valence-electron chi connectivity index (χ1n) is 23.7. The molecule has 1 saturated carbocycles. The number of pyridine rings is 2. The van der Waals surface area contributed by atoms with E-state index in [4.69, 9.17) is 28.4 Å². The third kappa shape index (κ3) is 19.2. The van der Waals surface area contributed by atoms with Gasteiger partial charge in [0.15, 0.2) is 0 Å². The Bertz CT molecular complexity index is 1770. The highest BCUT2D eigenvalue weighted by atomic mass is 16.5. The molecule has 0 spiro atoms. The van der Waals surface area contributed by atoms with Crippen molar-refractivity contribution in [3.8, 4) is 34.0 Å². The summed E-state index contributed by atoms with van der Waals surface area (Å²) in [5.41, 5.74) is 6.21. The van der Waals surface area contributed by atoms with Crippen LogP contribution in [0.25, 0.3) is 22.5 Å². The standard InChI is InChI=1S/C54H70N2O8/c1-3-53(57)61-37-19-13-9-5-7-11-17-35-59-47-31-33-49(55-39-47)45-27-23-43(24-28-45)41-63-51-21-15-16-22-52(51)64-42-44-25-29-46(30-26-44)50-34-32-48(40-56-50)60-36-18-12-8-6-10-14-20-38-62-54(58)4-2/h3-4,23-34,39-40,51-52H,1-2,5-22,35-38,41-42H2/t51-,52-/m1/s1. The zero-order valence-electron chi connectivity index (χ0n) is 37.9. The van der Waals surface area contributed by atoms with E-state index in [1.165, 1.54) is 37.8 Å². The van der Waals surface area contributed by atoms with Gasteiger partial charge in [0.1, 0.15) is 11.5 Å². The largest absolute Gasteiger partial charge is 0.492 e. The molecule has 0 aliphatic heterocycles. The van der Waals surface area contributed by atoms with E-state index in [-0.39, 0.29) is 24.1 Å². The van der Waals surface area contributed by atoms with Gasteiger partial charge >= 0.3 is 11.9 Å². The summed E-state index contributed by atoms with van der Waals surface area (Å²) >= 11 is 0. The Morgan fingerprint density at radius 3 is 1.19 bits per heavy atom. The normalized spacial score (nSPS) is 14.7. The lowest BCUT2D eigenvalue weighted by molar-refractivity contribution is -0.138. The SMILES string of the molecule is C=CC(=O)OCCCCCCCCCOc1ccc(-c2ccc(CO[C@@H]3CCCC[C@H]3OCc3ccc(-c4ccc(OCCCCCCCCCOC(=O)C=C)cn4)cc3)cc2)nc1. The van der Waals surface area contributed by atoms with E-state index in [9.17, 15) is 9.59 Å². The summed E-state index contributed by atoms with van der Waals surface area (Å²) in [7, 11) is 0. The van der Waals surface area contributed by atoms with Crippen LogP contribution in [0, 0.1) is 0 Å². The predicted octanol–water partition coefficient (Wildman–Crippen LogP) is 12.5. The topological polar surface area (TPSA) is 115 Å². The molecular weight excluding hydrogens is 805 g/mol. The Kier molecular flexibility index (Phi) is 23.2. The number of rotatable bonds is 32.